The Hall–Kier alpha value is -5.24. The fourth-order valence-electron chi connectivity index (χ4n) is 5.87. The molecule has 8 heteroatoms. The van der Waals surface area contributed by atoms with E-state index < -0.39 is 0 Å². The van der Waals surface area contributed by atoms with E-state index in [4.69, 9.17) is 0 Å². The SMILES string of the molecule is CC(C)c1ccc(NC(=O)Cn2cnc3ncncc32)cc1.CC1C=c2c(ccc3c2=CC(=O)c2ccccc2-3)C(C)C1=O. The van der Waals surface area contributed by atoms with Crippen molar-refractivity contribution in [3.8, 4) is 11.1 Å². The van der Waals surface area contributed by atoms with Crippen molar-refractivity contribution >= 4 is 46.5 Å². The molecule has 0 radical (unpaired) electrons. The highest BCUT2D eigenvalue weighted by Gasteiger charge is 2.27. The molecule has 1 amide bonds. The number of carbonyl (C=O) groups is 3. The van der Waals surface area contributed by atoms with Crippen LogP contribution in [-0.2, 0) is 16.1 Å². The molecule has 0 saturated carbocycles. The van der Waals surface area contributed by atoms with E-state index in [2.05, 4.69) is 34.1 Å². The Bertz CT molecular complexity index is 2040. The number of nitrogens with one attached hydrogen (secondary N) is 1. The van der Waals surface area contributed by atoms with E-state index in [0.29, 0.717) is 11.6 Å². The molecule has 2 heterocycles. The first-order chi connectivity index (χ1) is 21.2. The molecule has 2 aliphatic rings. The molecule has 2 atom stereocenters. The van der Waals surface area contributed by atoms with Gasteiger partial charge in [-0.05, 0) is 56.8 Å². The zero-order chi connectivity index (χ0) is 31.0. The lowest BCUT2D eigenvalue weighted by Gasteiger charge is -2.23. The Morgan fingerprint density at radius 2 is 1.66 bits per heavy atom. The van der Waals surface area contributed by atoms with Gasteiger partial charge in [0.25, 0.3) is 0 Å². The number of nitrogens with zero attached hydrogens (tertiary/aromatic N) is 4. The topological polar surface area (TPSA) is 107 Å². The first-order valence-corrected chi connectivity index (χ1v) is 14.8. The van der Waals surface area contributed by atoms with Gasteiger partial charge in [-0.25, -0.2) is 15.0 Å². The fourth-order valence-corrected chi connectivity index (χ4v) is 5.87. The molecular formula is C36H33N5O3. The zero-order valence-corrected chi connectivity index (χ0v) is 25.1. The van der Waals surface area contributed by atoms with Crippen molar-refractivity contribution in [1.82, 2.24) is 19.5 Å². The van der Waals surface area contributed by atoms with Gasteiger partial charge in [0.1, 0.15) is 24.2 Å². The lowest BCUT2D eigenvalue weighted by atomic mass is 9.79. The minimum atomic E-state index is -0.111. The number of imidazole rings is 1. The summed E-state index contributed by atoms with van der Waals surface area (Å²) in [5, 5.41) is 4.90. The zero-order valence-electron chi connectivity index (χ0n) is 25.1. The number of hydrogen-bond donors (Lipinski definition) is 1. The van der Waals surface area contributed by atoms with Crippen LogP contribution in [0.4, 0.5) is 5.69 Å². The van der Waals surface area contributed by atoms with Crippen molar-refractivity contribution in [3.63, 3.8) is 0 Å². The van der Waals surface area contributed by atoms with Crippen LogP contribution in [0.1, 0.15) is 61.0 Å². The minimum absolute atomic E-state index is 0.0436. The van der Waals surface area contributed by atoms with Crippen LogP contribution in [0, 0.1) is 5.92 Å². The maximum absolute atomic E-state index is 12.4. The Balaban J connectivity index is 0.000000156. The lowest BCUT2D eigenvalue weighted by molar-refractivity contribution is -0.122. The van der Waals surface area contributed by atoms with E-state index in [9.17, 15) is 14.4 Å². The van der Waals surface area contributed by atoms with E-state index in [-0.39, 0.29) is 35.9 Å². The largest absolute Gasteiger partial charge is 0.325 e. The average molecular weight is 584 g/mol. The molecule has 0 fully saturated rings. The van der Waals surface area contributed by atoms with Crippen LogP contribution in [0.3, 0.4) is 0 Å². The molecule has 3 aromatic carbocycles. The normalized spacial score (nSPS) is 16.6. The van der Waals surface area contributed by atoms with Crippen molar-refractivity contribution in [2.45, 2.75) is 46.1 Å². The summed E-state index contributed by atoms with van der Waals surface area (Å²) >= 11 is 0. The Kier molecular flexibility index (Phi) is 7.74. The number of anilines is 1. The predicted molar refractivity (Wildman–Crippen MR) is 171 cm³/mol. The number of fused-ring (bicyclic) bond motifs is 6. The van der Waals surface area contributed by atoms with Crippen molar-refractivity contribution in [1.29, 1.82) is 0 Å². The second-order valence-electron chi connectivity index (χ2n) is 11.6. The third-order valence-corrected chi connectivity index (χ3v) is 8.31. The summed E-state index contributed by atoms with van der Waals surface area (Å²) in [5.74, 6) is 0.440. The van der Waals surface area contributed by atoms with Crippen molar-refractivity contribution in [3.05, 3.63) is 107 Å². The maximum Gasteiger partial charge on any atom is 0.244 e. The molecular weight excluding hydrogens is 550 g/mol. The Morgan fingerprint density at radius 3 is 2.41 bits per heavy atom. The van der Waals surface area contributed by atoms with Gasteiger partial charge in [0, 0.05) is 23.1 Å². The predicted octanol–water partition coefficient (Wildman–Crippen LogP) is 5.02. The van der Waals surface area contributed by atoms with Gasteiger partial charge in [0.05, 0.1) is 12.5 Å². The molecule has 7 rings (SSSR count). The summed E-state index contributed by atoms with van der Waals surface area (Å²) in [6, 6.07) is 19.7. The fraction of sp³-hybridized carbons (Fsp3) is 0.222. The molecule has 2 aromatic heterocycles. The van der Waals surface area contributed by atoms with E-state index in [1.54, 1.807) is 23.2 Å². The second-order valence-corrected chi connectivity index (χ2v) is 11.6. The lowest BCUT2D eigenvalue weighted by Crippen LogP contribution is -2.40. The van der Waals surface area contributed by atoms with Gasteiger partial charge >= 0.3 is 0 Å². The maximum atomic E-state index is 12.4. The van der Waals surface area contributed by atoms with Crippen LogP contribution in [-0.4, -0.2) is 37.0 Å². The average Bonchev–Trinajstić information content (AvgIpc) is 3.43. The van der Waals surface area contributed by atoms with E-state index >= 15 is 0 Å². The van der Waals surface area contributed by atoms with E-state index in [1.165, 1.54) is 11.9 Å². The van der Waals surface area contributed by atoms with Crippen LogP contribution in [0.2, 0.25) is 0 Å². The molecule has 0 bridgehead atoms. The van der Waals surface area contributed by atoms with Gasteiger partial charge in [-0.1, -0.05) is 82.3 Å². The van der Waals surface area contributed by atoms with Crippen LogP contribution in [0.5, 0.6) is 0 Å². The summed E-state index contributed by atoms with van der Waals surface area (Å²) in [4.78, 5) is 48.9. The summed E-state index contributed by atoms with van der Waals surface area (Å²) in [7, 11) is 0. The molecule has 0 saturated heterocycles. The Labute approximate surface area is 255 Å². The molecule has 44 heavy (non-hydrogen) atoms. The molecule has 5 aromatic rings. The van der Waals surface area contributed by atoms with Crippen LogP contribution < -0.4 is 15.8 Å². The minimum Gasteiger partial charge on any atom is -0.325 e. The highest BCUT2D eigenvalue weighted by atomic mass is 16.2. The molecule has 0 spiro atoms. The highest BCUT2D eigenvalue weighted by molar-refractivity contribution is 6.22. The highest BCUT2D eigenvalue weighted by Crippen LogP contribution is 2.27. The molecule has 2 unspecified atom stereocenters. The third kappa shape index (κ3) is 5.46. The van der Waals surface area contributed by atoms with E-state index in [0.717, 1.165) is 43.9 Å². The number of amides is 1. The number of benzene rings is 3. The van der Waals surface area contributed by atoms with Gasteiger partial charge in [-0.2, -0.15) is 0 Å². The Morgan fingerprint density at radius 1 is 0.909 bits per heavy atom. The van der Waals surface area contributed by atoms with Gasteiger partial charge in [0.2, 0.25) is 5.91 Å². The van der Waals surface area contributed by atoms with Gasteiger partial charge in [-0.15, -0.1) is 0 Å². The molecule has 220 valence electrons. The molecule has 2 aliphatic carbocycles. The summed E-state index contributed by atoms with van der Waals surface area (Å²) in [5.41, 5.74) is 7.22. The molecule has 0 aliphatic heterocycles. The van der Waals surface area contributed by atoms with Crippen LogP contribution >= 0.6 is 0 Å². The van der Waals surface area contributed by atoms with Crippen molar-refractivity contribution in [2.24, 2.45) is 5.92 Å². The molecule has 1 N–H and O–H groups in total. The van der Waals surface area contributed by atoms with Gasteiger partial charge in [0.15, 0.2) is 11.4 Å². The van der Waals surface area contributed by atoms with Crippen molar-refractivity contribution in [2.75, 3.05) is 5.32 Å². The van der Waals surface area contributed by atoms with E-state index in [1.807, 2.05) is 80.6 Å². The first-order valence-electron chi connectivity index (χ1n) is 14.8. The number of ketones is 2. The summed E-state index contributed by atoms with van der Waals surface area (Å²) in [6.45, 7) is 8.34. The van der Waals surface area contributed by atoms with Crippen LogP contribution in [0.15, 0.2) is 79.5 Å². The van der Waals surface area contributed by atoms with Gasteiger partial charge in [-0.3, -0.25) is 14.4 Å². The smallest absolute Gasteiger partial charge is 0.244 e. The monoisotopic (exact) mass is 583 g/mol. The number of Topliss-reactive ketones (excluding diaryl/α,β-unsaturated/α-hetero) is 2. The van der Waals surface area contributed by atoms with Crippen LogP contribution in [0.25, 0.3) is 34.4 Å². The molecule has 8 nitrogen and oxygen atoms in total. The quantitative estimate of drug-likeness (QED) is 0.318. The number of rotatable bonds is 4. The third-order valence-electron chi connectivity index (χ3n) is 8.31. The number of hydrogen-bond acceptors (Lipinski definition) is 6. The summed E-state index contributed by atoms with van der Waals surface area (Å²) in [6.07, 6.45) is 8.42. The standard InChI is InChI=1S/C20H16O2.C16H17N5O/c1-11-9-17-13(12(2)20(11)22)7-8-15-14-5-3-4-6-16(14)19(21)10-18(15)17;1-11(2)12-3-5-13(6-4-12)20-15(22)8-21-10-19-16-14(21)7-17-9-18-16/h3-12H,1-2H3;3-7,9-11H,8H2,1-2H3,(H,20,22). The first kappa shape index (κ1) is 28.9. The van der Waals surface area contributed by atoms with Gasteiger partial charge < -0.3 is 9.88 Å². The van der Waals surface area contributed by atoms with Crippen molar-refractivity contribution < 1.29 is 14.4 Å². The summed E-state index contributed by atoms with van der Waals surface area (Å²) < 4.78 is 1.73. The number of aromatic nitrogens is 4. The second kappa shape index (κ2) is 11.8. The number of carbonyl (C=O) groups excluding carboxylic acids is 3.